The molecule has 0 unspecified atom stereocenters. The van der Waals surface area contributed by atoms with Gasteiger partial charge in [0.2, 0.25) is 0 Å². The van der Waals surface area contributed by atoms with E-state index >= 15 is 0 Å². The molecule has 98 valence electrons. The molecule has 0 saturated carbocycles. The van der Waals surface area contributed by atoms with Crippen molar-refractivity contribution in [2.24, 2.45) is 0 Å². The van der Waals surface area contributed by atoms with Gasteiger partial charge in [0.15, 0.2) is 0 Å². The number of rotatable bonds is 4. The smallest absolute Gasteiger partial charge is 0.335 e. The Labute approximate surface area is 106 Å². The lowest BCUT2D eigenvalue weighted by atomic mass is 10.2. The molecule has 0 radical (unpaired) electrons. The van der Waals surface area contributed by atoms with Gasteiger partial charge in [-0.25, -0.2) is 9.48 Å². The van der Waals surface area contributed by atoms with Crippen LogP contribution in [0.3, 0.4) is 0 Å². The number of aliphatic carboxylic acids is 1. The first-order chi connectivity index (χ1) is 8.97. The van der Waals surface area contributed by atoms with Gasteiger partial charge in [-0.3, -0.25) is 14.7 Å². The van der Waals surface area contributed by atoms with Crippen molar-refractivity contribution in [3.63, 3.8) is 0 Å². The number of hydrogen-bond donors (Lipinski definition) is 3. The topological polar surface area (TPSA) is 112 Å². The van der Waals surface area contributed by atoms with Gasteiger partial charge in [-0.1, -0.05) is 0 Å². The molecule has 7 heteroatoms. The predicted molar refractivity (Wildman–Crippen MR) is 64.7 cm³/mol. The highest BCUT2D eigenvalue weighted by Gasteiger charge is 2.09. The van der Waals surface area contributed by atoms with E-state index in [4.69, 9.17) is 10.2 Å². The number of nitrogens with zero attached hydrogens (tertiary/aromatic N) is 1. The maximum atomic E-state index is 11.7. The third kappa shape index (κ3) is 2.71. The van der Waals surface area contributed by atoms with E-state index < -0.39 is 17.5 Å². The van der Waals surface area contributed by atoms with Crippen LogP contribution in [-0.2, 0) is 11.2 Å². The summed E-state index contributed by atoms with van der Waals surface area (Å²) in [5.41, 5.74) is 0.417. The normalized spacial score (nSPS) is 10.3. The van der Waals surface area contributed by atoms with Crippen LogP contribution in [0.15, 0.2) is 35.1 Å². The minimum Gasteiger partial charge on any atom is -0.481 e. The fourth-order valence-electron chi connectivity index (χ4n) is 1.64. The second-order valence-corrected chi connectivity index (χ2v) is 3.88. The van der Waals surface area contributed by atoms with Crippen LogP contribution in [0, 0.1) is 0 Å². The van der Waals surface area contributed by atoms with Gasteiger partial charge in [-0.05, 0) is 24.3 Å². The summed E-state index contributed by atoms with van der Waals surface area (Å²) in [5, 5.41) is 20.1. The Kier molecular flexibility index (Phi) is 3.19. The number of aromatic nitrogens is 2. The lowest BCUT2D eigenvalue weighted by molar-refractivity contribution is -0.136. The standard InChI is InChI=1S/C12H10N2O5/c15-10-5-8(6-11(16)17)13-14(10)9-3-1-7(2-4-9)12(18)19/h1-5,13H,6H2,(H,16,17)(H,18,19). The monoisotopic (exact) mass is 262 g/mol. The highest BCUT2D eigenvalue weighted by molar-refractivity contribution is 5.87. The largest absolute Gasteiger partial charge is 0.481 e. The molecule has 2 aromatic rings. The Morgan fingerprint density at radius 1 is 1.16 bits per heavy atom. The number of aromatic amines is 1. The summed E-state index contributed by atoms with van der Waals surface area (Å²) >= 11 is 0. The van der Waals surface area contributed by atoms with Crippen molar-refractivity contribution in [3.8, 4) is 5.69 Å². The number of hydrogen-bond acceptors (Lipinski definition) is 3. The van der Waals surface area contributed by atoms with E-state index in [1.165, 1.54) is 30.3 Å². The highest BCUT2D eigenvalue weighted by atomic mass is 16.4. The van der Waals surface area contributed by atoms with Crippen molar-refractivity contribution in [1.29, 1.82) is 0 Å². The first-order valence-electron chi connectivity index (χ1n) is 5.34. The van der Waals surface area contributed by atoms with Crippen LogP contribution in [0.25, 0.3) is 5.69 Å². The summed E-state index contributed by atoms with van der Waals surface area (Å²) in [6.07, 6.45) is -0.282. The summed E-state index contributed by atoms with van der Waals surface area (Å²) in [6, 6.07) is 6.85. The Balaban J connectivity index is 2.36. The second kappa shape index (κ2) is 4.81. The molecule has 0 aliphatic heterocycles. The minimum atomic E-state index is -1.06. The zero-order valence-corrected chi connectivity index (χ0v) is 9.66. The molecule has 19 heavy (non-hydrogen) atoms. The van der Waals surface area contributed by atoms with Crippen molar-refractivity contribution in [1.82, 2.24) is 9.78 Å². The zero-order chi connectivity index (χ0) is 14.0. The van der Waals surface area contributed by atoms with Crippen LogP contribution in [0.4, 0.5) is 0 Å². The molecule has 1 aromatic heterocycles. The molecule has 0 spiro atoms. The van der Waals surface area contributed by atoms with E-state index in [1.54, 1.807) is 0 Å². The summed E-state index contributed by atoms with van der Waals surface area (Å²) < 4.78 is 1.16. The number of H-pyrrole nitrogens is 1. The average molecular weight is 262 g/mol. The maximum Gasteiger partial charge on any atom is 0.335 e. The molecule has 0 aliphatic carbocycles. The number of nitrogens with one attached hydrogen (secondary N) is 1. The van der Waals surface area contributed by atoms with Crippen molar-refractivity contribution >= 4 is 11.9 Å². The van der Waals surface area contributed by atoms with E-state index in [-0.39, 0.29) is 17.7 Å². The molecule has 0 fully saturated rings. The first-order valence-corrected chi connectivity index (χ1v) is 5.34. The van der Waals surface area contributed by atoms with Crippen LogP contribution >= 0.6 is 0 Å². The summed E-state index contributed by atoms with van der Waals surface area (Å²) in [6.45, 7) is 0. The van der Waals surface area contributed by atoms with Gasteiger partial charge in [-0.15, -0.1) is 0 Å². The predicted octanol–water partition coefficient (Wildman–Crippen LogP) is 0.491. The van der Waals surface area contributed by atoms with E-state index in [1.807, 2.05) is 0 Å². The third-order valence-electron chi connectivity index (χ3n) is 2.49. The fourth-order valence-corrected chi connectivity index (χ4v) is 1.64. The van der Waals surface area contributed by atoms with Crippen LogP contribution in [0.5, 0.6) is 0 Å². The molecule has 7 nitrogen and oxygen atoms in total. The van der Waals surface area contributed by atoms with Crippen molar-refractivity contribution < 1.29 is 19.8 Å². The third-order valence-corrected chi connectivity index (χ3v) is 2.49. The average Bonchev–Trinajstić information content (AvgIpc) is 2.69. The molecule has 3 N–H and O–H groups in total. The minimum absolute atomic E-state index is 0.106. The maximum absolute atomic E-state index is 11.7. The number of benzene rings is 1. The van der Waals surface area contributed by atoms with E-state index in [0.29, 0.717) is 5.69 Å². The van der Waals surface area contributed by atoms with Gasteiger partial charge in [0.05, 0.1) is 17.7 Å². The number of aromatic carboxylic acids is 1. The SMILES string of the molecule is O=C(O)Cc1cc(=O)n(-c2ccc(C(=O)O)cc2)[nH]1. The lowest BCUT2D eigenvalue weighted by Crippen LogP contribution is -2.13. The summed E-state index contributed by atoms with van der Waals surface area (Å²) in [5.74, 6) is -2.11. The zero-order valence-electron chi connectivity index (χ0n) is 9.66. The number of carboxylic acid groups (broad SMARTS) is 2. The van der Waals surface area contributed by atoms with E-state index in [2.05, 4.69) is 5.10 Å². The summed E-state index contributed by atoms with van der Waals surface area (Å²) in [4.78, 5) is 32.9. The molecule has 0 aliphatic rings. The number of carbonyl (C=O) groups is 2. The van der Waals surface area contributed by atoms with Gasteiger partial charge in [-0.2, -0.15) is 0 Å². The highest BCUT2D eigenvalue weighted by Crippen LogP contribution is 2.08. The molecular weight excluding hydrogens is 252 g/mol. The van der Waals surface area contributed by atoms with Crippen molar-refractivity contribution in [2.45, 2.75) is 6.42 Å². The first kappa shape index (κ1) is 12.6. The van der Waals surface area contributed by atoms with Gasteiger partial charge in [0.25, 0.3) is 5.56 Å². The second-order valence-electron chi connectivity index (χ2n) is 3.88. The lowest BCUT2D eigenvalue weighted by Gasteiger charge is -2.02. The molecule has 0 amide bonds. The van der Waals surface area contributed by atoms with E-state index in [0.717, 1.165) is 4.68 Å². The van der Waals surface area contributed by atoms with Crippen LogP contribution < -0.4 is 5.56 Å². The Hall–Kier alpha value is -2.83. The Bertz CT molecular complexity index is 681. The Morgan fingerprint density at radius 2 is 1.79 bits per heavy atom. The fraction of sp³-hybridized carbons (Fsp3) is 0.0833. The van der Waals surface area contributed by atoms with Crippen molar-refractivity contribution in [2.75, 3.05) is 0 Å². The van der Waals surface area contributed by atoms with Crippen molar-refractivity contribution in [3.05, 3.63) is 51.9 Å². The molecule has 0 saturated heterocycles. The van der Waals surface area contributed by atoms with Crippen LogP contribution in [0.1, 0.15) is 16.1 Å². The molecule has 0 bridgehead atoms. The van der Waals surface area contributed by atoms with Gasteiger partial charge < -0.3 is 10.2 Å². The quantitative estimate of drug-likeness (QED) is 0.742. The molecule has 2 rings (SSSR count). The number of carboxylic acids is 2. The van der Waals surface area contributed by atoms with E-state index in [9.17, 15) is 14.4 Å². The summed E-state index contributed by atoms with van der Waals surface area (Å²) in [7, 11) is 0. The molecule has 0 atom stereocenters. The molecule has 1 heterocycles. The van der Waals surface area contributed by atoms with Gasteiger partial charge in [0, 0.05) is 11.8 Å². The van der Waals surface area contributed by atoms with Crippen LogP contribution in [-0.4, -0.2) is 31.9 Å². The molecular formula is C12H10N2O5. The Morgan fingerprint density at radius 3 is 2.32 bits per heavy atom. The molecule has 1 aromatic carbocycles. The van der Waals surface area contributed by atoms with Gasteiger partial charge >= 0.3 is 11.9 Å². The van der Waals surface area contributed by atoms with Crippen LogP contribution in [0.2, 0.25) is 0 Å². The van der Waals surface area contributed by atoms with Gasteiger partial charge in [0.1, 0.15) is 0 Å².